The van der Waals surface area contributed by atoms with E-state index < -0.39 is 54.0 Å². The molecule has 0 atom stereocenters. The summed E-state index contributed by atoms with van der Waals surface area (Å²) in [5.41, 5.74) is -0.496. The first-order chi connectivity index (χ1) is 11.4. The minimum Gasteiger partial charge on any atom is -0.478 e. The Labute approximate surface area is 140 Å². The normalized spacial score (nSPS) is 14.1. The fraction of sp³-hybridized carbons (Fsp3) is 0.300. The van der Waals surface area contributed by atoms with Gasteiger partial charge < -0.3 is 9.29 Å². The molecular formula is C10H6F6O8S2. The fourth-order valence-electron chi connectivity index (χ4n) is 1.32. The van der Waals surface area contributed by atoms with Crippen LogP contribution in [0.1, 0.15) is 10.4 Å². The first-order valence-corrected chi connectivity index (χ1v) is 8.61. The number of hydrogen-bond donors (Lipinski definition) is 2. The molecule has 0 aromatic heterocycles. The summed E-state index contributed by atoms with van der Waals surface area (Å²) >= 11 is 0. The molecule has 16 heteroatoms. The predicted octanol–water partition coefficient (Wildman–Crippen LogP) is 1.80. The summed E-state index contributed by atoms with van der Waals surface area (Å²) < 4.78 is 134. The Morgan fingerprint density at radius 3 is 1.65 bits per heavy atom. The molecule has 0 spiro atoms. The van der Waals surface area contributed by atoms with Crippen LogP contribution in [0.2, 0.25) is 0 Å². The van der Waals surface area contributed by atoms with Gasteiger partial charge in [-0.3, -0.25) is 4.55 Å². The molecule has 0 saturated carbocycles. The zero-order valence-electron chi connectivity index (χ0n) is 11.7. The van der Waals surface area contributed by atoms with Crippen LogP contribution in [0.3, 0.4) is 0 Å². The molecule has 148 valence electrons. The molecule has 1 aromatic carbocycles. The van der Waals surface area contributed by atoms with Gasteiger partial charge in [-0.1, -0.05) is 0 Å². The van der Waals surface area contributed by atoms with Crippen LogP contribution in [0.4, 0.5) is 26.3 Å². The van der Waals surface area contributed by atoms with Crippen molar-refractivity contribution in [1.29, 1.82) is 0 Å². The van der Waals surface area contributed by atoms with Crippen molar-refractivity contribution >= 4 is 26.2 Å². The van der Waals surface area contributed by atoms with Crippen molar-refractivity contribution in [1.82, 2.24) is 0 Å². The summed E-state index contributed by atoms with van der Waals surface area (Å²) in [6.07, 6.45) is 0. The number of alkyl halides is 6. The maximum Gasteiger partial charge on any atom is 0.450 e. The number of benzene rings is 1. The van der Waals surface area contributed by atoms with Gasteiger partial charge in [-0.25, -0.2) is 4.79 Å². The van der Waals surface area contributed by atoms with Crippen molar-refractivity contribution in [3.05, 3.63) is 29.8 Å². The summed E-state index contributed by atoms with van der Waals surface area (Å²) in [5.74, 6) is -9.84. The van der Waals surface area contributed by atoms with Crippen LogP contribution in [0.15, 0.2) is 24.3 Å². The van der Waals surface area contributed by atoms with Crippen LogP contribution in [-0.4, -0.2) is 48.9 Å². The van der Waals surface area contributed by atoms with Gasteiger partial charge in [0.2, 0.25) is 0 Å². The van der Waals surface area contributed by atoms with Crippen molar-refractivity contribution in [2.75, 3.05) is 0 Å². The maximum absolute atomic E-state index is 13.5. The van der Waals surface area contributed by atoms with Gasteiger partial charge >= 0.3 is 42.6 Å². The Kier molecular flexibility index (Phi) is 5.30. The number of halogens is 6. The second kappa shape index (κ2) is 6.27. The van der Waals surface area contributed by atoms with Crippen LogP contribution in [0, 0.1) is 0 Å². The highest BCUT2D eigenvalue weighted by Crippen LogP contribution is 2.50. The van der Waals surface area contributed by atoms with Crippen molar-refractivity contribution in [3.8, 4) is 5.75 Å². The first-order valence-electron chi connectivity index (χ1n) is 5.76. The number of carbonyl (C=O) groups is 1. The standard InChI is InChI=1S/C10H6F6O8S2/c11-8(12,9(13,14)25(19,20)21)10(15,16)26(22,23)24-6-3-1-5(2-4-6)7(17)18/h1-4H,(H,17,18)(H,19,20,21). The third-order valence-corrected chi connectivity index (χ3v) is 4.88. The third kappa shape index (κ3) is 3.43. The van der Waals surface area contributed by atoms with Gasteiger partial charge in [0.15, 0.2) is 0 Å². The van der Waals surface area contributed by atoms with Gasteiger partial charge in [-0.2, -0.15) is 43.2 Å². The minimum absolute atomic E-state index is 0.427. The van der Waals surface area contributed by atoms with Crippen molar-refractivity contribution < 1.29 is 61.8 Å². The second-order valence-electron chi connectivity index (χ2n) is 4.45. The number of rotatable bonds is 7. The monoisotopic (exact) mass is 432 g/mol. The second-order valence-corrected chi connectivity index (χ2v) is 7.50. The smallest absolute Gasteiger partial charge is 0.450 e. The fourth-order valence-corrected chi connectivity index (χ4v) is 2.75. The minimum atomic E-state index is -7.14. The molecule has 0 saturated heterocycles. The molecule has 0 fully saturated rings. The zero-order valence-corrected chi connectivity index (χ0v) is 13.4. The van der Waals surface area contributed by atoms with E-state index >= 15 is 0 Å². The molecule has 0 amide bonds. The van der Waals surface area contributed by atoms with E-state index in [0.717, 1.165) is 0 Å². The molecule has 0 bridgehead atoms. The lowest BCUT2D eigenvalue weighted by Gasteiger charge is -2.29. The lowest BCUT2D eigenvalue weighted by molar-refractivity contribution is -0.247. The van der Waals surface area contributed by atoms with Crippen LogP contribution >= 0.6 is 0 Å². The molecule has 2 N–H and O–H groups in total. The van der Waals surface area contributed by atoms with Crippen LogP contribution in [0.5, 0.6) is 5.75 Å². The number of carboxylic acids is 1. The maximum atomic E-state index is 13.5. The molecule has 0 aliphatic heterocycles. The highest BCUT2D eigenvalue weighted by molar-refractivity contribution is 7.88. The van der Waals surface area contributed by atoms with E-state index in [4.69, 9.17) is 9.66 Å². The van der Waals surface area contributed by atoms with Gasteiger partial charge in [0.1, 0.15) is 5.75 Å². The average molecular weight is 432 g/mol. The molecule has 26 heavy (non-hydrogen) atoms. The lowest BCUT2D eigenvalue weighted by atomic mass is 10.2. The van der Waals surface area contributed by atoms with E-state index in [9.17, 15) is 48.0 Å². The highest BCUT2D eigenvalue weighted by atomic mass is 32.2. The quantitative estimate of drug-likeness (QED) is 0.378. The van der Waals surface area contributed by atoms with E-state index in [1.807, 2.05) is 0 Å². The van der Waals surface area contributed by atoms with Gasteiger partial charge in [0, 0.05) is 0 Å². The Morgan fingerprint density at radius 2 is 1.31 bits per heavy atom. The molecule has 0 unspecified atom stereocenters. The SMILES string of the molecule is O=C(O)c1ccc(OS(=O)(=O)C(F)(F)C(F)(F)C(F)(F)S(=O)(=O)O)cc1. The Balaban J connectivity index is 3.34. The molecule has 8 nitrogen and oxygen atoms in total. The molecule has 1 aromatic rings. The number of carboxylic acid groups (broad SMARTS) is 1. The molecule has 0 radical (unpaired) electrons. The van der Waals surface area contributed by atoms with Crippen LogP contribution < -0.4 is 4.18 Å². The molecule has 0 aliphatic rings. The molecule has 1 rings (SSSR count). The Morgan fingerprint density at radius 1 is 0.885 bits per heavy atom. The van der Waals surface area contributed by atoms with E-state index in [-0.39, 0.29) is 0 Å². The Hall–Kier alpha value is -2.07. The predicted molar refractivity (Wildman–Crippen MR) is 69.3 cm³/mol. The topological polar surface area (TPSA) is 135 Å². The van der Waals surface area contributed by atoms with Crippen LogP contribution in [-0.2, 0) is 20.2 Å². The zero-order chi connectivity index (χ0) is 20.8. The number of hydrogen-bond acceptors (Lipinski definition) is 6. The van der Waals surface area contributed by atoms with E-state index in [1.165, 1.54) is 0 Å². The summed E-state index contributed by atoms with van der Waals surface area (Å²) in [6, 6.07) is 2.07. The average Bonchev–Trinajstić information content (AvgIpc) is 2.45. The van der Waals surface area contributed by atoms with Crippen molar-refractivity contribution in [2.45, 2.75) is 16.4 Å². The van der Waals surface area contributed by atoms with Gasteiger partial charge in [0.25, 0.3) is 0 Å². The van der Waals surface area contributed by atoms with Gasteiger partial charge in [-0.05, 0) is 24.3 Å². The first kappa shape index (κ1) is 22.0. The molecule has 0 aliphatic carbocycles. The van der Waals surface area contributed by atoms with Crippen molar-refractivity contribution in [3.63, 3.8) is 0 Å². The largest absolute Gasteiger partial charge is 0.478 e. The lowest BCUT2D eigenvalue weighted by Crippen LogP contribution is -2.61. The number of aromatic carboxylic acids is 1. The molecule has 0 heterocycles. The molecular weight excluding hydrogens is 426 g/mol. The summed E-state index contributed by atoms with van der Waals surface area (Å²) in [6.45, 7) is 0. The van der Waals surface area contributed by atoms with E-state index in [1.54, 1.807) is 0 Å². The third-order valence-electron chi connectivity index (χ3n) is 2.68. The van der Waals surface area contributed by atoms with E-state index in [2.05, 4.69) is 4.18 Å². The summed E-state index contributed by atoms with van der Waals surface area (Å²) in [5, 5.41) is -5.13. The van der Waals surface area contributed by atoms with E-state index in [0.29, 0.717) is 24.3 Å². The highest BCUT2D eigenvalue weighted by Gasteiger charge is 2.83. The summed E-state index contributed by atoms with van der Waals surface area (Å²) in [4.78, 5) is 10.6. The van der Waals surface area contributed by atoms with Gasteiger partial charge in [-0.15, -0.1) is 0 Å². The Bertz CT molecular complexity index is 907. The van der Waals surface area contributed by atoms with Gasteiger partial charge in [0.05, 0.1) is 5.56 Å². The van der Waals surface area contributed by atoms with Crippen molar-refractivity contribution in [2.24, 2.45) is 0 Å². The van der Waals surface area contributed by atoms with Crippen LogP contribution in [0.25, 0.3) is 0 Å². The summed E-state index contributed by atoms with van der Waals surface area (Å²) in [7, 11) is -14.1.